The van der Waals surface area contributed by atoms with E-state index >= 15 is 0 Å². The van der Waals surface area contributed by atoms with Crippen molar-refractivity contribution in [1.82, 2.24) is 4.90 Å². The zero-order valence-electron chi connectivity index (χ0n) is 13.7. The van der Waals surface area contributed by atoms with Crippen molar-refractivity contribution in [2.75, 3.05) is 32.9 Å². The SMILES string of the molecule is Fc1ccccc1CN1CC2(C1)OCC[C@@H]2CCOCC1CC1. The van der Waals surface area contributed by atoms with Crippen LogP contribution in [0.5, 0.6) is 0 Å². The van der Waals surface area contributed by atoms with Crippen molar-refractivity contribution in [1.29, 1.82) is 0 Å². The van der Waals surface area contributed by atoms with E-state index in [0.717, 1.165) is 57.2 Å². The summed E-state index contributed by atoms with van der Waals surface area (Å²) >= 11 is 0. The van der Waals surface area contributed by atoms with Crippen molar-refractivity contribution in [2.45, 2.75) is 37.8 Å². The molecule has 0 N–H and O–H groups in total. The molecule has 0 amide bonds. The first-order valence-corrected chi connectivity index (χ1v) is 8.93. The first kappa shape index (κ1) is 15.6. The van der Waals surface area contributed by atoms with Gasteiger partial charge < -0.3 is 9.47 Å². The lowest BCUT2D eigenvalue weighted by molar-refractivity contribution is -0.139. The van der Waals surface area contributed by atoms with Crippen molar-refractivity contribution in [2.24, 2.45) is 11.8 Å². The first-order chi connectivity index (χ1) is 11.3. The largest absolute Gasteiger partial charge is 0.381 e. The molecule has 2 saturated heterocycles. The van der Waals surface area contributed by atoms with Gasteiger partial charge >= 0.3 is 0 Å². The maximum absolute atomic E-state index is 13.8. The van der Waals surface area contributed by atoms with Crippen molar-refractivity contribution < 1.29 is 13.9 Å². The average Bonchev–Trinajstić information content (AvgIpc) is 3.24. The molecule has 0 bridgehead atoms. The van der Waals surface area contributed by atoms with E-state index in [2.05, 4.69) is 4.90 Å². The third-order valence-corrected chi connectivity index (χ3v) is 5.60. The topological polar surface area (TPSA) is 21.7 Å². The van der Waals surface area contributed by atoms with Crippen LogP contribution in [-0.4, -0.2) is 43.4 Å². The van der Waals surface area contributed by atoms with Crippen LogP contribution in [0.4, 0.5) is 4.39 Å². The molecule has 1 aromatic carbocycles. The summed E-state index contributed by atoms with van der Waals surface area (Å²) in [5.74, 6) is 1.33. The highest BCUT2D eigenvalue weighted by molar-refractivity contribution is 5.18. The molecule has 1 aliphatic carbocycles. The Kier molecular flexibility index (Phi) is 4.39. The zero-order chi connectivity index (χ0) is 15.7. The fourth-order valence-electron chi connectivity index (χ4n) is 3.99. The maximum atomic E-state index is 13.8. The minimum absolute atomic E-state index is 0.00813. The monoisotopic (exact) mass is 319 g/mol. The van der Waals surface area contributed by atoms with Crippen molar-refractivity contribution in [3.05, 3.63) is 35.6 Å². The van der Waals surface area contributed by atoms with Crippen molar-refractivity contribution in [3.63, 3.8) is 0 Å². The molecule has 0 radical (unpaired) electrons. The lowest BCUT2D eigenvalue weighted by Gasteiger charge is -2.50. The molecule has 2 heterocycles. The normalized spacial score (nSPS) is 26.6. The van der Waals surface area contributed by atoms with Crippen LogP contribution < -0.4 is 0 Å². The van der Waals surface area contributed by atoms with Gasteiger partial charge in [0.15, 0.2) is 0 Å². The zero-order valence-corrected chi connectivity index (χ0v) is 13.7. The molecule has 3 nitrogen and oxygen atoms in total. The molecular weight excluding hydrogens is 293 g/mol. The molecule has 4 heteroatoms. The van der Waals surface area contributed by atoms with E-state index in [-0.39, 0.29) is 11.4 Å². The Labute approximate surface area is 137 Å². The van der Waals surface area contributed by atoms with Gasteiger partial charge in [0.1, 0.15) is 5.82 Å². The highest BCUT2D eigenvalue weighted by Crippen LogP contribution is 2.42. The number of likely N-dealkylation sites (tertiary alicyclic amines) is 1. The standard InChI is InChI=1S/C19H26FNO2/c20-18-4-2-1-3-16(18)11-21-13-19(14-21)17(8-10-23-19)7-9-22-12-15-5-6-15/h1-4,15,17H,5-14H2/t17-/m0/s1. The van der Waals surface area contributed by atoms with E-state index in [9.17, 15) is 4.39 Å². The molecule has 0 aromatic heterocycles. The van der Waals surface area contributed by atoms with Crippen LogP contribution in [0.3, 0.4) is 0 Å². The smallest absolute Gasteiger partial charge is 0.127 e. The quantitative estimate of drug-likeness (QED) is 0.720. The Bertz CT molecular complexity index is 540. The predicted octanol–water partition coefficient (Wildman–Crippen LogP) is 3.23. The number of hydrogen-bond donors (Lipinski definition) is 0. The average molecular weight is 319 g/mol. The molecule has 3 fully saturated rings. The van der Waals surface area contributed by atoms with E-state index in [1.165, 1.54) is 18.9 Å². The second-order valence-corrected chi connectivity index (χ2v) is 7.44. The van der Waals surface area contributed by atoms with Crippen LogP contribution in [0.25, 0.3) is 0 Å². The molecule has 1 atom stereocenters. The lowest BCUT2D eigenvalue weighted by atomic mass is 9.79. The molecule has 1 saturated carbocycles. The van der Waals surface area contributed by atoms with Gasteiger partial charge in [-0.1, -0.05) is 18.2 Å². The summed E-state index contributed by atoms with van der Waals surface area (Å²) in [6.07, 6.45) is 4.93. The van der Waals surface area contributed by atoms with Gasteiger partial charge in [-0.25, -0.2) is 4.39 Å². The molecule has 126 valence electrons. The van der Waals surface area contributed by atoms with Crippen LogP contribution in [0.1, 0.15) is 31.2 Å². The summed E-state index contributed by atoms with van der Waals surface area (Å²) in [7, 11) is 0. The minimum atomic E-state index is -0.106. The van der Waals surface area contributed by atoms with E-state index in [1.54, 1.807) is 6.07 Å². The van der Waals surface area contributed by atoms with E-state index in [4.69, 9.17) is 9.47 Å². The highest BCUT2D eigenvalue weighted by Gasteiger charge is 2.52. The van der Waals surface area contributed by atoms with Gasteiger partial charge in [-0.3, -0.25) is 4.90 Å². The molecule has 2 aliphatic heterocycles. The highest BCUT2D eigenvalue weighted by atomic mass is 19.1. The maximum Gasteiger partial charge on any atom is 0.127 e. The summed E-state index contributed by atoms with van der Waals surface area (Å²) in [6.45, 7) is 5.20. The fraction of sp³-hybridized carbons (Fsp3) is 0.684. The number of halogens is 1. The Balaban J connectivity index is 1.25. The summed E-state index contributed by atoms with van der Waals surface area (Å²) in [5.41, 5.74) is 0.790. The second-order valence-electron chi connectivity index (χ2n) is 7.44. The van der Waals surface area contributed by atoms with Crippen LogP contribution in [0, 0.1) is 17.7 Å². The Morgan fingerprint density at radius 2 is 2.04 bits per heavy atom. The molecular formula is C19H26FNO2. The van der Waals surface area contributed by atoms with Gasteiger partial charge in [0.2, 0.25) is 0 Å². The van der Waals surface area contributed by atoms with Crippen LogP contribution in [0.15, 0.2) is 24.3 Å². The van der Waals surface area contributed by atoms with Crippen LogP contribution >= 0.6 is 0 Å². The molecule has 1 spiro atoms. The van der Waals surface area contributed by atoms with Gasteiger partial charge in [-0.15, -0.1) is 0 Å². The van der Waals surface area contributed by atoms with Gasteiger partial charge in [-0.05, 0) is 43.6 Å². The van der Waals surface area contributed by atoms with Gasteiger partial charge in [-0.2, -0.15) is 0 Å². The van der Waals surface area contributed by atoms with E-state index in [0.29, 0.717) is 12.5 Å². The Hall–Kier alpha value is -0.970. The molecule has 23 heavy (non-hydrogen) atoms. The molecule has 4 rings (SSSR count). The second kappa shape index (κ2) is 6.50. The van der Waals surface area contributed by atoms with Crippen LogP contribution in [-0.2, 0) is 16.0 Å². The number of nitrogens with zero attached hydrogens (tertiary/aromatic N) is 1. The third kappa shape index (κ3) is 3.44. The number of hydrogen-bond acceptors (Lipinski definition) is 3. The molecule has 1 aromatic rings. The Morgan fingerprint density at radius 1 is 1.22 bits per heavy atom. The summed E-state index contributed by atoms with van der Waals surface area (Å²) < 4.78 is 25.6. The first-order valence-electron chi connectivity index (χ1n) is 8.93. The predicted molar refractivity (Wildman–Crippen MR) is 86.6 cm³/mol. The number of rotatable bonds is 7. The lowest BCUT2D eigenvalue weighted by Crippen LogP contribution is -2.64. The van der Waals surface area contributed by atoms with Gasteiger partial charge in [0.25, 0.3) is 0 Å². The van der Waals surface area contributed by atoms with E-state index < -0.39 is 0 Å². The van der Waals surface area contributed by atoms with Gasteiger partial charge in [0, 0.05) is 45.0 Å². The Morgan fingerprint density at radius 3 is 2.83 bits per heavy atom. The van der Waals surface area contributed by atoms with E-state index in [1.807, 2.05) is 12.1 Å². The van der Waals surface area contributed by atoms with Crippen LogP contribution in [0.2, 0.25) is 0 Å². The number of benzene rings is 1. The summed E-state index contributed by atoms with van der Waals surface area (Å²) in [4.78, 5) is 2.29. The summed E-state index contributed by atoms with van der Waals surface area (Å²) in [6, 6.07) is 7.06. The van der Waals surface area contributed by atoms with Crippen molar-refractivity contribution in [3.8, 4) is 0 Å². The summed E-state index contributed by atoms with van der Waals surface area (Å²) in [5, 5.41) is 0. The molecule has 0 unspecified atom stereocenters. The van der Waals surface area contributed by atoms with Gasteiger partial charge in [0.05, 0.1) is 5.60 Å². The minimum Gasteiger partial charge on any atom is -0.381 e. The number of ether oxygens (including phenoxy) is 2. The molecule has 3 aliphatic rings. The fourth-order valence-corrected chi connectivity index (χ4v) is 3.99. The third-order valence-electron chi connectivity index (χ3n) is 5.60. The van der Waals surface area contributed by atoms with Crippen molar-refractivity contribution >= 4 is 0 Å².